The third kappa shape index (κ3) is 4.52. The Kier molecular flexibility index (Phi) is 5.38. The first kappa shape index (κ1) is 18.5. The summed E-state index contributed by atoms with van der Waals surface area (Å²) in [5.74, 6) is 0.764. The van der Waals surface area contributed by atoms with Crippen LogP contribution in [-0.2, 0) is 9.59 Å². The Morgan fingerprint density at radius 3 is 2.66 bits per heavy atom. The lowest BCUT2D eigenvalue weighted by atomic mass is 10.1. The Bertz CT molecular complexity index is 1090. The van der Waals surface area contributed by atoms with E-state index in [9.17, 15) is 9.59 Å². The molecule has 1 aliphatic rings. The Morgan fingerprint density at radius 2 is 1.72 bits per heavy atom. The highest BCUT2D eigenvalue weighted by molar-refractivity contribution is 6.02. The summed E-state index contributed by atoms with van der Waals surface area (Å²) in [7, 11) is 0. The highest BCUT2D eigenvalue weighted by Gasteiger charge is 2.12. The van der Waals surface area contributed by atoms with Crippen LogP contribution < -0.4 is 20.2 Å². The molecule has 0 spiro atoms. The van der Waals surface area contributed by atoms with Crippen molar-refractivity contribution in [2.75, 3.05) is 12.1 Å². The van der Waals surface area contributed by atoms with Crippen molar-refractivity contribution in [1.29, 1.82) is 0 Å². The molecule has 0 unspecified atom stereocenters. The second-order valence-corrected chi connectivity index (χ2v) is 6.48. The van der Waals surface area contributed by atoms with E-state index in [4.69, 9.17) is 9.47 Å². The van der Waals surface area contributed by atoms with Crippen molar-refractivity contribution in [3.05, 3.63) is 66.2 Å². The molecule has 3 aromatic rings. The second kappa shape index (κ2) is 8.43. The number of hydrazone groups is 1. The average Bonchev–Trinajstić information content (AvgIpc) is 3.20. The number of anilines is 1. The molecule has 0 aromatic heterocycles. The number of benzene rings is 3. The number of nitrogens with one attached hydrogen (secondary N) is 2. The topological polar surface area (TPSA) is 89.0 Å². The number of ether oxygens (including phenoxy) is 2. The minimum atomic E-state index is -0.338. The maximum absolute atomic E-state index is 12.2. The number of amides is 2. The van der Waals surface area contributed by atoms with Crippen LogP contribution in [0.3, 0.4) is 0 Å². The van der Waals surface area contributed by atoms with Crippen molar-refractivity contribution in [1.82, 2.24) is 5.43 Å². The minimum absolute atomic E-state index is 0.0368. The molecule has 0 saturated heterocycles. The number of carbonyl (C=O) groups is 2. The number of rotatable bonds is 6. The third-order valence-electron chi connectivity index (χ3n) is 4.44. The summed E-state index contributed by atoms with van der Waals surface area (Å²) in [6.07, 6.45) is 1.61. The largest absolute Gasteiger partial charge is 0.454 e. The van der Waals surface area contributed by atoms with Gasteiger partial charge in [0.25, 0.3) is 0 Å². The number of fused-ring (bicyclic) bond motifs is 2. The van der Waals surface area contributed by atoms with Gasteiger partial charge in [-0.2, -0.15) is 5.10 Å². The lowest BCUT2D eigenvalue weighted by Gasteiger charge is -2.08. The van der Waals surface area contributed by atoms with Gasteiger partial charge in [-0.1, -0.05) is 36.4 Å². The van der Waals surface area contributed by atoms with Gasteiger partial charge in [0.05, 0.1) is 6.21 Å². The minimum Gasteiger partial charge on any atom is -0.454 e. The zero-order chi connectivity index (χ0) is 20.1. The molecule has 0 bridgehead atoms. The average molecular weight is 389 g/mol. The van der Waals surface area contributed by atoms with Crippen LogP contribution in [0, 0.1) is 0 Å². The maximum Gasteiger partial charge on any atom is 0.240 e. The van der Waals surface area contributed by atoms with E-state index in [0.29, 0.717) is 11.5 Å². The van der Waals surface area contributed by atoms with Crippen molar-refractivity contribution in [3.8, 4) is 11.5 Å². The van der Waals surface area contributed by atoms with Crippen LogP contribution in [0.25, 0.3) is 10.8 Å². The van der Waals surface area contributed by atoms with Crippen LogP contribution in [0.1, 0.15) is 18.4 Å². The molecule has 2 N–H and O–H groups in total. The lowest BCUT2D eigenvalue weighted by molar-refractivity contribution is -0.124. The van der Waals surface area contributed by atoms with Crippen LogP contribution in [-0.4, -0.2) is 24.8 Å². The predicted molar refractivity (Wildman–Crippen MR) is 110 cm³/mol. The first-order valence-electron chi connectivity index (χ1n) is 9.18. The second-order valence-electron chi connectivity index (χ2n) is 6.48. The fourth-order valence-corrected chi connectivity index (χ4v) is 3.00. The highest BCUT2D eigenvalue weighted by Crippen LogP contribution is 2.32. The Morgan fingerprint density at radius 1 is 0.931 bits per heavy atom. The Balaban J connectivity index is 1.26. The molecular formula is C22H19N3O4. The lowest BCUT2D eigenvalue weighted by Crippen LogP contribution is -2.20. The number of hydrogen-bond acceptors (Lipinski definition) is 5. The summed E-state index contributed by atoms with van der Waals surface area (Å²) in [5.41, 5.74) is 3.92. The molecule has 146 valence electrons. The molecule has 3 aromatic carbocycles. The highest BCUT2D eigenvalue weighted by atomic mass is 16.7. The number of nitrogens with zero attached hydrogens (tertiary/aromatic N) is 1. The first-order valence-corrected chi connectivity index (χ1v) is 9.18. The molecule has 2 amide bonds. The van der Waals surface area contributed by atoms with E-state index >= 15 is 0 Å². The molecule has 7 heteroatoms. The summed E-state index contributed by atoms with van der Waals surface area (Å²) < 4.78 is 10.5. The van der Waals surface area contributed by atoms with Crippen LogP contribution in [0.2, 0.25) is 0 Å². The van der Waals surface area contributed by atoms with Crippen molar-refractivity contribution in [2.45, 2.75) is 12.8 Å². The van der Waals surface area contributed by atoms with E-state index in [-0.39, 0.29) is 31.4 Å². The van der Waals surface area contributed by atoms with Gasteiger partial charge in [0.1, 0.15) is 0 Å². The van der Waals surface area contributed by atoms with E-state index in [1.807, 2.05) is 42.5 Å². The van der Waals surface area contributed by atoms with Gasteiger partial charge in [-0.15, -0.1) is 0 Å². The monoisotopic (exact) mass is 389 g/mol. The van der Waals surface area contributed by atoms with E-state index in [1.54, 1.807) is 18.2 Å². The SMILES string of the molecule is O=C(CCC(=O)Nc1cccc2ccccc12)N/N=C\c1ccc2c(c1)OCO2. The normalized spacial score (nSPS) is 12.3. The fraction of sp³-hybridized carbons (Fsp3) is 0.136. The molecule has 0 radical (unpaired) electrons. The molecule has 1 aliphatic heterocycles. The first-order chi connectivity index (χ1) is 14.2. The van der Waals surface area contributed by atoms with Gasteiger partial charge < -0.3 is 14.8 Å². The van der Waals surface area contributed by atoms with Gasteiger partial charge in [0, 0.05) is 23.9 Å². The van der Waals surface area contributed by atoms with Crippen LogP contribution >= 0.6 is 0 Å². The summed E-state index contributed by atoms with van der Waals surface area (Å²) >= 11 is 0. The summed E-state index contributed by atoms with van der Waals surface area (Å²) in [6.45, 7) is 0.202. The van der Waals surface area contributed by atoms with Gasteiger partial charge in [-0.25, -0.2) is 5.43 Å². The smallest absolute Gasteiger partial charge is 0.240 e. The molecule has 7 nitrogen and oxygen atoms in total. The molecular weight excluding hydrogens is 370 g/mol. The van der Waals surface area contributed by atoms with Crippen LogP contribution in [0.15, 0.2) is 65.8 Å². The predicted octanol–water partition coefficient (Wildman–Crippen LogP) is 3.44. The summed E-state index contributed by atoms with van der Waals surface area (Å²) in [4.78, 5) is 24.1. The van der Waals surface area contributed by atoms with E-state index in [0.717, 1.165) is 22.0 Å². The zero-order valence-electron chi connectivity index (χ0n) is 15.6. The number of carbonyl (C=O) groups excluding carboxylic acids is 2. The van der Waals surface area contributed by atoms with Crippen LogP contribution in [0.5, 0.6) is 11.5 Å². The Hall–Kier alpha value is -3.87. The van der Waals surface area contributed by atoms with E-state index in [1.165, 1.54) is 6.21 Å². The van der Waals surface area contributed by atoms with Crippen molar-refractivity contribution < 1.29 is 19.1 Å². The van der Waals surface area contributed by atoms with Crippen molar-refractivity contribution >= 4 is 34.5 Å². The molecule has 0 fully saturated rings. The van der Waals surface area contributed by atoms with Gasteiger partial charge in [0.15, 0.2) is 11.5 Å². The molecule has 0 atom stereocenters. The van der Waals surface area contributed by atoms with E-state index < -0.39 is 0 Å². The third-order valence-corrected chi connectivity index (χ3v) is 4.44. The standard InChI is InChI=1S/C22H19N3O4/c26-21(24-18-7-3-5-16-4-1-2-6-17(16)18)10-11-22(27)25-23-13-15-8-9-19-20(12-15)29-14-28-19/h1-9,12-13H,10-11,14H2,(H,24,26)(H,25,27)/b23-13-. The van der Waals surface area contributed by atoms with Gasteiger partial charge in [-0.05, 0) is 35.2 Å². The molecule has 0 saturated carbocycles. The fourth-order valence-electron chi connectivity index (χ4n) is 3.00. The molecule has 1 heterocycles. The van der Waals surface area contributed by atoms with Gasteiger partial charge in [-0.3, -0.25) is 9.59 Å². The Labute approximate surface area is 167 Å². The van der Waals surface area contributed by atoms with Crippen molar-refractivity contribution in [3.63, 3.8) is 0 Å². The number of hydrogen-bond donors (Lipinski definition) is 2. The molecule has 29 heavy (non-hydrogen) atoms. The zero-order valence-corrected chi connectivity index (χ0v) is 15.6. The maximum atomic E-state index is 12.2. The summed E-state index contributed by atoms with van der Waals surface area (Å²) in [5, 5.41) is 8.78. The quantitative estimate of drug-likeness (QED) is 0.499. The van der Waals surface area contributed by atoms with Gasteiger partial charge in [0.2, 0.25) is 18.6 Å². The summed E-state index contributed by atoms with van der Waals surface area (Å²) in [6, 6.07) is 18.9. The van der Waals surface area contributed by atoms with Crippen LogP contribution in [0.4, 0.5) is 5.69 Å². The molecule has 0 aliphatic carbocycles. The van der Waals surface area contributed by atoms with Gasteiger partial charge >= 0.3 is 0 Å². The molecule has 4 rings (SSSR count). The van der Waals surface area contributed by atoms with Crippen molar-refractivity contribution in [2.24, 2.45) is 5.10 Å². The van der Waals surface area contributed by atoms with E-state index in [2.05, 4.69) is 15.8 Å².